The highest BCUT2D eigenvalue weighted by molar-refractivity contribution is 6.31. The molecule has 2 aromatic rings. The van der Waals surface area contributed by atoms with Crippen molar-refractivity contribution in [3.63, 3.8) is 0 Å². The number of hydrogen-bond acceptors (Lipinski definition) is 4. The first-order valence-corrected chi connectivity index (χ1v) is 8.34. The summed E-state index contributed by atoms with van der Waals surface area (Å²) in [7, 11) is 0. The van der Waals surface area contributed by atoms with E-state index >= 15 is 0 Å². The fraction of sp³-hybridized carbons (Fsp3) is 0.235. The second-order valence-electron chi connectivity index (χ2n) is 5.47. The quantitative estimate of drug-likeness (QED) is 0.336. The van der Waals surface area contributed by atoms with Gasteiger partial charge in [0.15, 0.2) is 17.6 Å². The number of H-pyrrole nitrogens is 1. The zero-order valence-electron chi connectivity index (χ0n) is 14.6. The number of aryl methyl sites for hydroxylation is 1. The Bertz CT molecular complexity index is 811. The summed E-state index contributed by atoms with van der Waals surface area (Å²) in [4.78, 5) is 8.35. The monoisotopic (exact) mass is 377 g/mol. The molecule has 0 fully saturated rings. The summed E-state index contributed by atoms with van der Waals surface area (Å²) in [6, 6.07) is 4.52. The lowest BCUT2D eigenvalue weighted by molar-refractivity contribution is 0.585. The molecule has 9 heteroatoms. The molecule has 7 nitrogen and oxygen atoms in total. The number of aliphatic imine (C=N–C) groups is 1. The van der Waals surface area contributed by atoms with Gasteiger partial charge >= 0.3 is 0 Å². The van der Waals surface area contributed by atoms with Crippen molar-refractivity contribution in [1.29, 1.82) is 0 Å². The molecule has 138 valence electrons. The molecular formula is C17H21ClFN7. The Hall–Kier alpha value is -2.87. The van der Waals surface area contributed by atoms with Gasteiger partial charge in [0.25, 0.3) is 0 Å². The van der Waals surface area contributed by atoms with E-state index in [1.54, 1.807) is 12.1 Å². The first-order chi connectivity index (χ1) is 12.4. The van der Waals surface area contributed by atoms with Gasteiger partial charge in [-0.1, -0.05) is 25.1 Å². The van der Waals surface area contributed by atoms with Gasteiger partial charge < -0.3 is 16.4 Å². The number of pyridine rings is 1. The van der Waals surface area contributed by atoms with E-state index in [0.717, 1.165) is 11.9 Å². The van der Waals surface area contributed by atoms with Crippen LogP contribution in [0.2, 0.25) is 0 Å². The van der Waals surface area contributed by atoms with Crippen molar-refractivity contribution in [2.75, 3.05) is 5.32 Å². The van der Waals surface area contributed by atoms with E-state index in [9.17, 15) is 4.39 Å². The maximum absolute atomic E-state index is 13.0. The number of halogens is 2. The molecule has 1 atom stereocenters. The van der Waals surface area contributed by atoms with E-state index in [2.05, 4.69) is 37.4 Å². The van der Waals surface area contributed by atoms with Crippen LogP contribution in [-0.2, 0) is 0 Å². The molecule has 0 amide bonds. The second kappa shape index (κ2) is 9.00. The summed E-state index contributed by atoms with van der Waals surface area (Å²) < 4.78 is 13.0. The number of hydrogen-bond donors (Lipinski definition) is 4. The Morgan fingerprint density at radius 3 is 2.85 bits per heavy atom. The fourth-order valence-corrected chi connectivity index (χ4v) is 2.24. The van der Waals surface area contributed by atoms with E-state index in [0.29, 0.717) is 23.8 Å². The van der Waals surface area contributed by atoms with Gasteiger partial charge in [-0.2, -0.15) is 10.1 Å². The van der Waals surface area contributed by atoms with Crippen molar-refractivity contribution in [1.82, 2.24) is 20.5 Å². The van der Waals surface area contributed by atoms with Crippen LogP contribution in [0.5, 0.6) is 0 Å². The van der Waals surface area contributed by atoms with Crippen molar-refractivity contribution in [2.45, 2.75) is 26.3 Å². The standard InChI is InChI=1S/C17H21ClFN7/c1-4-12(18)16(23-15-8-10(3)25-26-15)24-17(20)22-13(5-2)14-7-6-11(19)9-21-14/h4,6-9,13H,1,5H2,2-3H3,(H3,20,22,24)(H2,23,25,26)/b16-12+/t13-/m0/s1. The van der Waals surface area contributed by atoms with E-state index < -0.39 is 5.82 Å². The van der Waals surface area contributed by atoms with Crippen LogP contribution in [0, 0.1) is 12.7 Å². The van der Waals surface area contributed by atoms with Crippen molar-refractivity contribution in [3.05, 3.63) is 65.1 Å². The molecule has 2 rings (SSSR count). The van der Waals surface area contributed by atoms with Gasteiger partial charge in [-0.05, 0) is 31.6 Å². The molecular weight excluding hydrogens is 357 g/mol. The molecule has 0 saturated carbocycles. The Balaban J connectivity index is 2.19. The van der Waals surface area contributed by atoms with Crippen molar-refractivity contribution in [2.24, 2.45) is 10.7 Å². The number of rotatable bonds is 7. The van der Waals surface area contributed by atoms with Crippen LogP contribution in [0.4, 0.5) is 10.2 Å². The van der Waals surface area contributed by atoms with Gasteiger partial charge in [0.1, 0.15) is 5.82 Å². The third-order valence-electron chi connectivity index (χ3n) is 3.43. The number of guanidine groups is 1. The minimum atomic E-state index is -0.397. The lowest BCUT2D eigenvalue weighted by Crippen LogP contribution is -2.35. The predicted molar refractivity (Wildman–Crippen MR) is 102 cm³/mol. The molecule has 0 unspecified atom stereocenters. The molecule has 0 aromatic carbocycles. The Morgan fingerprint density at radius 1 is 1.54 bits per heavy atom. The maximum Gasteiger partial charge on any atom is 0.195 e. The van der Waals surface area contributed by atoms with Crippen molar-refractivity contribution >= 4 is 23.4 Å². The smallest absolute Gasteiger partial charge is 0.195 e. The highest BCUT2D eigenvalue weighted by Crippen LogP contribution is 2.17. The largest absolute Gasteiger partial charge is 0.370 e. The summed E-state index contributed by atoms with van der Waals surface area (Å²) in [6.45, 7) is 7.46. The molecule has 5 N–H and O–H groups in total. The molecule has 0 radical (unpaired) electrons. The molecule has 0 saturated heterocycles. The molecule has 0 bridgehead atoms. The number of aromatic amines is 1. The summed E-state index contributed by atoms with van der Waals surface area (Å²) >= 11 is 6.15. The van der Waals surface area contributed by atoms with Crippen LogP contribution >= 0.6 is 11.6 Å². The number of aromatic nitrogens is 3. The van der Waals surface area contributed by atoms with E-state index in [1.165, 1.54) is 12.1 Å². The first-order valence-electron chi connectivity index (χ1n) is 7.96. The van der Waals surface area contributed by atoms with Crippen molar-refractivity contribution in [3.8, 4) is 0 Å². The average molecular weight is 378 g/mol. The fourth-order valence-electron chi connectivity index (χ4n) is 2.15. The third kappa shape index (κ3) is 5.32. The van der Waals surface area contributed by atoms with Gasteiger partial charge in [0.05, 0.1) is 23.0 Å². The van der Waals surface area contributed by atoms with Crippen LogP contribution in [0.1, 0.15) is 30.8 Å². The number of nitrogens with one attached hydrogen (secondary N) is 3. The van der Waals surface area contributed by atoms with Gasteiger partial charge in [0.2, 0.25) is 0 Å². The van der Waals surface area contributed by atoms with Crippen LogP contribution < -0.4 is 16.4 Å². The number of nitrogens with two attached hydrogens (primary N) is 1. The molecule has 0 aliphatic rings. The minimum absolute atomic E-state index is 0.123. The summed E-state index contributed by atoms with van der Waals surface area (Å²) in [5.41, 5.74) is 7.55. The lowest BCUT2D eigenvalue weighted by atomic mass is 10.1. The number of anilines is 1. The van der Waals surface area contributed by atoms with Crippen molar-refractivity contribution < 1.29 is 4.39 Å². The SMILES string of the molecule is C=C/C(Cl)=C(\N=C(/N)N[C@@H](CC)c1ccc(F)cn1)Nc1cc(C)[nH]n1. The van der Waals surface area contributed by atoms with E-state index in [-0.39, 0.29) is 17.0 Å². The third-order valence-corrected chi connectivity index (χ3v) is 3.76. The van der Waals surface area contributed by atoms with Gasteiger partial charge in [-0.3, -0.25) is 10.1 Å². The highest BCUT2D eigenvalue weighted by Gasteiger charge is 2.13. The van der Waals surface area contributed by atoms with E-state index in [1.807, 2.05) is 13.8 Å². The predicted octanol–water partition coefficient (Wildman–Crippen LogP) is 3.31. The molecule has 26 heavy (non-hydrogen) atoms. The summed E-state index contributed by atoms with van der Waals surface area (Å²) in [5.74, 6) is 0.561. The van der Waals surface area contributed by atoms with Crippen LogP contribution in [0.15, 0.2) is 52.9 Å². The average Bonchev–Trinajstić information content (AvgIpc) is 3.04. The summed E-state index contributed by atoms with van der Waals surface area (Å²) in [6.07, 6.45) is 3.28. The molecule has 0 aliphatic heterocycles. The van der Waals surface area contributed by atoms with Gasteiger partial charge in [0, 0.05) is 11.8 Å². The zero-order chi connectivity index (χ0) is 19.1. The Labute approximate surface area is 156 Å². The normalized spacial score (nSPS) is 13.8. The number of allylic oxidation sites excluding steroid dienone is 2. The van der Waals surface area contributed by atoms with E-state index in [4.69, 9.17) is 17.3 Å². The topological polar surface area (TPSA) is 104 Å². The Kier molecular flexibility index (Phi) is 6.74. The maximum atomic E-state index is 13.0. The second-order valence-corrected chi connectivity index (χ2v) is 5.87. The Morgan fingerprint density at radius 2 is 2.31 bits per heavy atom. The highest BCUT2D eigenvalue weighted by atomic mass is 35.5. The van der Waals surface area contributed by atoms with Gasteiger partial charge in [-0.15, -0.1) is 0 Å². The summed E-state index contributed by atoms with van der Waals surface area (Å²) in [5, 5.41) is 13.2. The molecule has 0 aliphatic carbocycles. The van der Waals surface area contributed by atoms with Gasteiger partial charge in [-0.25, -0.2) is 4.39 Å². The lowest BCUT2D eigenvalue weighted by Gasteiger charge is -2.17. The van der Waals surface area contributed by atoms with Crippen LogP contribution in [0.25, 0.3) is 0 Å². The number of nitrogens with zero attached hydrogens (tertiary/aromatic N) is 3. The molecule has 0 spiro atoms. The minimum Gasteiger partial charge on any atom is -0.370 e. The first kappa shape index (κ1) is 19.5. The molecule has 2 aromatic heterocycles. The molecule has 2 heterocycles. The zero-order valence-corrected chi connectivity index (χ0v) is 15.3. The van der Waals surface area contributed by atoms with Crippen LogP contribution in [-0.4, -0.2) is 21.1 Å². The van der Waals surface area contributed by atoms with Crippen LogP contribution in [0.3, 0.4) is 0 Å².